The average Bonchev–Trinajstić information content (AvgIpc) is 3.40. The van der Waals surface area contributed by atoms with E-state index < -0.39 is 7.60 Å². The molecule has 0 saturated heterocycles. The van der Waals surface area contributed by atoms with Crippen LogP contribution in [-0.4, -0.2) is 0 Å². The molecular weight excluding hydrogens is 543 g/mol. The number of thiophene rings is 1. The van der Waals surface area contributed by atoms with E-state index in [-0.39, 0.29) is 10.8 Å². The van der Waals surface area contributed by atoms with Crippen molar-refractivity contribution in [3.05, 3.63) is 126 Å². The maximum absolute atomic E-state index is 15.0. The second-order valence-electron chi connectivity index (χ2n) is 12.3. The molecule has 0 fully saturated rings. The van der Waals surface area contributed by atoms with Crippen LogP contribution in [0.3, 0.4) is 0 Å². The van der Waals surface area contributed by atoms with Gasteiger partial charge in [0.05, 0.1) is 4.88 Å². The van der Waals surface area contributed by atoms with Gasteiger partial charge in [-0.05, 0) is 63.4 Å². The fraction of sp³-hybridized carbons (Fsp3) is 0.222. The predicted octanol–water partition coefficient (Wildman–Crippen LogP) is 10.7. The van der Waals surface area contributed by atoms with Gasteiger partial charge in [-0.3, -0.25) is 0 Å². The van der Waals surface area contributed by atoms with Crippen molar-refractivity contribution in [2.45, 2.75) is 52.4 Å². The van der Waals surface area contributed by atoms with E-state index in [0.717, 1.165) is 20.9 Å². The number of hydrogen-bond acceptors (Lipinski definition) is 4. The highest BCUT2D eigenvalue weighted by Crippen LogP contribution is 2.52. The van der Waals surface area contributed by atoms with E-state index in [1.54, 1.807) is 35.6 Å². The molecule has 0 bridgehead atoms. The maximum Gasteiger partial charge on any atom is 0.464 e. The first-order chi connectivity index (χ1) is 19.4. The predicted molar refractivity (Wildman–Crippen MR) is 174 cm³/mol. The summed E-state index contributed by atoms with van der Waals surface area (Å²) >= 11 is 1.61. The van der Waals surface area contributed by atoms with Crippen LogP contribution in [0.1, 0.15) is 52.7 Å². The van der Waals surface area contributed by atoms with Crippen LogP contribution >= 0.6 is 18.9 Å². The number of para-hydroxylation sites is 2. The zero-order chi connectivity index (χ0) is 29.3. The molecule has 0 saturated carbocycles. The highest BCUT2D eigenvalue weighted by Gasteiger charge is 2.37. The fourth-order valence-corrected chi connectivity index (χ4v) is 7.87. The Morgan fingerprint density at radius 1 is 0.561 bits per heavy atom. The summed E-state index contributed by atoms with van der Waals surface area (Å²) in [6, 6.07) is 37.6. The van der Waals surface area contributed by atoms with Gasteiger partial charge in [-0.25, -0.2) is 4.57 Å². The van der Waals surface area contributed by atoms with Gasteiger partial charge in [-0.1, -0.05) is 126 Å². The van der Waals surface area contributed by atoms with E-state index in [0.29, 0.717) is 16.8 Å². The minimum Gasteiger partial charge on any atom is -0.413 e. The van der Waals surface area contributed by atoms with E-state index in [1.807, 2.05) is 42.5 Å². The summed E-state index contributed by atoms with van der Waals surface area (Å²) in [6.45, 7) is 13.2. The Bertz CT molecular complexity index is 1600. The van der Waals surface area contributed by atoms with Gasteiger partial charge in [-0.2, -0.15) is 0 Å². The molecule has 5 rings (SSSR count). The molecule has 0 N–H and O–H groups in total. The summed E-state index contributed by atoms with van der Waals surface area (Å²) in [5, 5.41) is 0.550. The molecule has 5 aromatic rings. The van der Waals surface area contributed by atoms with Gasteiger partial charge >= 0.3 is 7.60 Å². The third-order valence-corrected chi connectivity index (χ3v) is 10.2. The molecule has 3 nitrogen and oxygen atoms in total. The smallest absolute Gasteiger partial charge is 0.413 e. The maximum atomic E-state index is 15.0. The van der Waals surface area contributed by atoms with E-state index in [2.05, 4.69) is 90.1 Å². The SMILES string of the molecule is CC(C)(C)c1ccc(-c2cc(P(=O)(Oc3ccccc3)Oc3ccccc3)c(-c3ccc(C(C)(C)C)cc3)s2)cc1. The van der Waals surface area contributed by atoms with Crippen molar-refractivity contribution in [2.24, 2.45) is 0 Å². The second kappa shape index (κ2) is 11.4. The molecular formula is C36H37O3PS. The summed E-state index contributed by atoms with van der Waals surface area (Å²) in [7, 11) is -3.89. The van der Waals surface area contributed by atoms with Crippen LogP contribution in [0.2, 0.25) is 0 Å². The van der Waals surface area contributed by atoms with Crippen molar-refractivity contribution >= 4 is 24.2 Å². The fourth-order valence-electron chi connectivity index (χ4n) is 4.55. The first-order valence-corrected chi connectivity index (χ1v) is 16.2. The zero-order valence-corrected chi connectivity index (χ0v) is 26.3. The Hall–Kier alpha value is -3.59. The normalized spacial score (nSPS) is 12.2. The molecule has 0 radical (unpaired) electrons. The van der Waals surface area contributed by atoms with Crippen LogP contribution in [0.15, 0.2) is 115 Å². The lowest BCUT2D eigenvalue weighted by atomic mass is 9.86. The van der Waals surface area contributed by atoms with Crippen LogP contribution in [0.5, 0.6) is 11.5 Å². The summed E-state index contributed by atoms with van der Waals surface area (Å²) in [5.74, 6) is 0.978. The topological polar surface area (TPSA) is 35.5 Å². The number of hydrogen-bond donors (Lipinski definition) is 0. The molecule has 210 valence electrons. The molecule has 0 unspecified atom stereocenters. The number of benzene rings is 4. The van der Waals surface area contributed by atoms with Crippen molar-refractivity contribution in [3.63, 3.8) is 0 Å². The van der Waals surface area contributed by atoms with Gasteiger partial charge < -0.3 is 9.05 Å². The van der Waals surface area contributed by atoms with E-state index in [4.69, 9.17) is 9.05 Å². The van der Waals surface area contributed by atoms with Crippen molar-refractivity contribution < 1.29 is 13.6 Å². The third-order valence-electron chi connectivity index (χ3n) is 6.99. The molecule has 0 aliphatic rings. The Balaban J connectivity index is 1.68. The second-order valence-corrected chi connectivity index (χ2v) is 15.2. The largest absolute Gasteiger partial charge is 0.464 e. The highest BCUT2D eigenvalue weighted by atomic mass is 32.1. The van der Waals surface area contributed by atoms with Crippen molar-refractivity contribution in [1.82, 2.24) is 0 Å². The monoisotopic (exact) mass is 580 g/mol. The van der Waals surface area contributed by atoms with Gasteiger partial charge in [0.15, 0.2) is 0 Å². The molecule has 1 aromatic heterocycles. The van der Waals surface area contributed by atoms with Crippen molar-refractivity contribution in [3.8, 4) is 32.4 Å². The standard InChI is InChI=1S/C36H37O3PS/c1-35(2,3)28-21-17-26(18-22-28)33-25-32(34(41-33)27-19-23-29(24-20-27)36(4,5)6)40(37,38-30-13-9-7-10-14-30)39-31-15-11-8-12-16-31/h7-25H,1-6H3. The van der Waals surface area contributed by atoms with Crippen LogP contribution in [0, 0.1) is 0 Å². The van der Waals surface area contributed by atoms with E-state index in [9.17, 15) is 4.57 Å². The minimum absolute atomic E-state index is 0.0267. The van der Waals surface area contributed by atoms with Gasteiger partial charge in [0, 0.05) is 4.88 Å². The van der Waals surface area contributed by atoms with Crippen LogP contribution < -0.4 is 14.4 Å². The van der Waals surface area contributed by atoms with E-state index in [1.165, 1.54) is 11.1 Å². The Morgan fingerprint density at radius 2 is 0.976 bits per heavy atom. The van der Waals surface area contributed by atoms with Crippen LogP contribution in [0.25, 0.3) is 20.9 Å². The van der Waals surface area contributed by atoms with E-state index >= 15 is 0 Å². The Kier molecular flexibility index (Phi) is 8.01. The van der Waals surface area contributed by atoms with Crippen molar-refractivity contribution in [1.29, 1.82) is 0 Å². The molecule has 1 heterocycles. The first kappa shape index (κ1) is 28.9. The molecule has 0 atom stereocenters. The summed E-state index contributed by atoms with van der Waals surface area (Å²) in [4.78, 5) is 1.87. The summed E-state index contributed by atoms with van der Waals surface area (Å²) in [5.41, 5.74) is 4.63. The third kappa shape index (κ3) is 6.67. The van der Waals surface area contributed by atoms with Crippen molar-refractivity contribution in [2.75, 3.05) is 0 Å². The summed E-state index contributed by atoms with van der Waals surface area (Å²) < 4.78 is 27.5. The van der Waals surface area contributed by atoms with Gasteiger partial charge in [0.25, 0.3) is 0 Å². The quantitative estimate of drug-likeness (QED) is 0.180. The lowest BCUT2D eigenvalue weighted by Gasteiger charge is -2.21. The minimum atomic E-state index is -3.89. The van der Waals surface area contributed by atoms with Crippen LogP contribution in [0.4, 0.5) is 0 Å². The summed E-state index contributed by atoms with van der Waals surface area (Å²) in [6.07, 6.45) is 0. The Labute approximate surface area is 248 Å². The van der Waals surface area contributed by atoms with Crippen LogP contribution in [-0.2, 0) is 15.4 Å². The highest BCUT2D eigenvalue weighted by molar-refractivity contribution is 7.64. The molecule has 4 aromatic carbocycles. The Morgan fingerprint density at radius 3 is 1.39 bits per heavy atom. The lowest BCUT2D eigenvalue weighted by molar-refractivity contribution is 0.399. The lowest BCUT2D eigenvalue weighted by Crippen LogP contribution is -2.15. The molecule has 5 heteroatoms. The molecule has 0 spiro atoms. The molecule has 0 aliphatic heterocycles. The molecule has 41 heavy (non-hydrogen) atoms. The van der Waals surface area contributed by atoms with Gasteiger partial charge in [0.1, 0.15) is 16.8 Å². The average molecular weight is 581 g/mol. The van der Waals surface area contributed by atoms with Gasteiger partial charge in [-0.15, -0.1) is 11.3 Å². The number of rotatable bonds is 7. The first-order valence-electron chi connectivity index (χ1n) is 13.9. The molecule has 0 amide bonds. The zero-order valence-electron chi connectivity index (χ0n) is 24.5. The molecule has 0 aliphatic carbocycles. The van der Waals surface area contributed by atoms with Gasteiger partial charge in [0.2, 0.25) is 0 Å².